The van der Waals surface area contributed by atoms with Crippen molar-refractivity contribution in [2.45, 2.75) is 39.7 Å². The molecular formula is C26H26O8. The minimum atomic E-state index is -1.36. The number of benzene rings is 2. The third-order valence-electron chi connectivity index (χ3n) is 5.64. The fraction of sp³-hybridized carbons (Fsp3) is 0.269. The van der Waals surface area contributed by atoms with Gasteiger partial charge < -0.3 is 34.0 Å². The van der Waals surface area contributed by atoms with Crippen LogP contribution in [-0.4, -0.2) is 27.5 Å². The third kappa shape index (κ3) is 3.76. The van der Waals surface area contributed by atoms with Gasteiger partial charge in [0.05, 0.1) is 12.7 Å². The Labute approximate surface area is 194 Å². The summed E-state index contributed by atoms with van der Waals surface area (Å²) >= 11 is 0. The number of hydrogen-bond acceptors (Lipinski definition) is 8. The number of ether oxygens (including phenoxy) is 1. The number of hydrogen-bond donors (Lipinski definition) is 4. The van der Waals surface area contributed by atoms with Gasteiger partial charge in [-0.15, -0.1) is 0 Å². The highest BCUT2D eigenvalue weighted by molar-refractivity contribution is 6.03. The Morgan fingerprint density at radius 2 is 1.85 bits per heavy atom. The van der Waals surface area contributed by atoms with E-state index < -0.39 is 16.8 Å². The van der Waals surface area contributed by atoms with Crippen LogP contribution in [0.4, 0.5) is 0 Å². The number of aliphatic hydroxyl groups is 1. The van der Waals surface area contributed by atoms with E-state index in [2.05, 4.69) is 0 Å². The zero-order chi connectivity index (χ0) is 24.9. The molecule has 4 aromatic rings. The molecule has 0 aliphatic heterocycles. The van der Waals surface area contributed by atoms with Gasteiger partial charge in [-0.2, -0.15) is 0 Å². The van der Waals surface area contributed by atoms with Crippen LogP contribution >= 0.6 is 0 Å². The Bertz CT molecular complexity index is 1510. The quantitative estimate of drug-likeness (QED) is 0.300. The lowest BCUT2D eigenvalue weighted by Gasteiger charge is -2.16. The van der Waals surface area contributed by atoms with Crippen LogP contribution in [0.1, 0.15) is 39.0 Å². The summed E-state index contributed by atoms with van der Waals surface area (Å²) in [7, 11) is 1.40. The first kappa shape index (κ1) is 23.3. The van der Waals surface area contributed by atoms with Crippen LogP contribution in [0, 0.1) is 0 Å². The molecule has 0 fully saturated rings. The van der Waals surface area contributed by atoms with E-state index in [9.17, 15) is 25.2 Å². The standard InChI is InChI=1S/C26H26O8/c1-12(2)6-7-14-20(16-11-33-18-9-13(27)8-17(28)21(18)22(16)29)15-10-19(26(3,4)31)34-25(15)23(30)24(14)32-5/h6,8-11,27-28,30-31H,7H2,1-5H3. The number of furan rings is 1. The van der Waals surface area contributed by atoms with Crippen molar-refractivity contribution < 1.29 is 34.0 Å². The highest BCUT2D eigenvalue weighted by Gasteiger charge is 2.29. The van der Waals surface area contributed by atoms with Crippen LogP contribution in [0.2, 0.25) is 0 Å². The third-order valence-corrected chi connectivity index (χ3v) is 5.64. The minimum Gasteiger partial charge on any atom is -0.508 e. The molecule has 0 amide bonds. The number of methoxy groups -OCH3 is 1. The van der Waals surface area contributed by atoms with Gasteiger partial charge in [0.1, 0.15) is 40.1 Å². The van der Waals surface area contributed by atoms with Crippen molar-refractivity contribution >= 4 is 21.9 Å². The van der Waals surface area contributed by atoms with Crippen molar-refractivity contribution in [3.8, 4) is 34.1 Å². The van der Waals surface area contributed by atoms with Gasteiger partial charge in [-0.1, -0.05) is 11.6 Å². The van der Waals surface area contributed by atoms with Crippen LogP contribution in [-0.2, 0) is 12.0 Å². The van der Waals surface area contributed by atoms with Gasteiger partial charge in [-0.05, 0) is 40.2 Å². The summed E-state index contributed by atoms with van der Waals surface area (Å²) in [5.74, 6) is -0.636. The fourth-order valence-electron chi connectivity index (χ4n) is 4.00. The molecule has 0 saturated heterocycles. The van der Waals surface area contributed by atoms with E-state index >= 15 is 0 Å². The first-order valence-corrected chi connectivity index (χ1v) is 10.6. The van der Waals surface area contributed by atoms with E-state index in [0.717, 1.165) is 11.6 Å². The minimum absolute atomic E-state index is 0.0171. The second-order valence-electron chi connectivity index (χ2n) is 8.95. The molecule has 0 saturated carbocycles. The molecule has 34 heavy (non-hydrogen) atoms. The highest BCUT2D eigenvalue weighted by Crippen LogP contribution is 2.48. The van der Waals surface area contributed by atoms with Crippen molar-refractivity contribution in [2.75, 3.05) is 7.11 Å². The molecule has 0 aliphatic carbocycles. The number of aromatic hydroxyl groups is 3. The molecule has 0 aliphatic rings. The van der Waals surface area contributed by atoms with Crippen LogP contribution in [0.5, 0.6) is 23.0 Å². The average molecular weight is 466 g/mol. The summed E-state index contributed by atoms with van der Waals surface area (Å²) in [6.45, 7) is 6.92. The van der Waals surface area contributed by atoms with Crippen molar-refractivity contribution in [1.82, 2.24) is 0 Å². The Morgan fingerprint density at radius 1 is 1.15 bits per heavy atom. The molecule has 0 spiro atoms. The number of fused-ring (bicyclic) bond motifs is 2. The lowest BCUT2D eigenvalue weighted by atomic mass is 9.92. The van der Waals surface area contributed by atoms with Crippen molar-refractivity contribution in [3.63, 3.8) is 0 Å². The first-order valence-electron chi connectivity index (χ1n) is 10.6. The molecule has 0 bridgehead atoms. The summed E-state index contributed by atoms with van der Waals surface area (Å²) in [5, 5.41) is 41.9. The second-order valence-corrected chi connectivity index (χ2v) is 8.95. The first-order chi connectivity index (χ1) is 15.9. The SMILES string of the molecule is COc1c(CC=C(C)C)c(-c2coc3cc(O)cc(O)c3c2=O)c2cc(C(C)(C)O)oc2c1O. The zero-order valence-corrected chi connectivity index (χ0v) is 19.5. The van der Waals surface area contributed by atoms with Crippen molar-refractivity contribution in [3.05, 3.63) is 57.7 Å². The van der Waals surface area contributed by atoms with Crippen molar-refractivity contribution in [2.24, 2.45) is 0 Å². The van der Waals surface area contributed by atoms with Gasteiger partial charge in [0.2, 0.25) is 11.2 Å². The molecule has 4 N–H and O–H groups in total. The zero-order valence-electron chi connectivity index (χ0n) is 19.5. The van der Waals surface area contributed by atoms with Crippen LogP contribution < -0.4 is 10.2 Å². The Hall–Kier alpha value is -3.91. The van der Waals surface area contributed by atoms with E-state index in [0.29, 0.717) is 22.9 Å². The average Bonchev–Trinajstić information content (AvgIpc) is 3.19. The Balaban J connectivity index is 2.20. The van der Waals surface area contributed by atoms with Gasteiger partial charge in [0.25, 0.3) is 0 Å². The molecule has 0 atom stereocenters. The molecule has 2 aromatic carbocycles. The second kappa shape index (κ2) is 8.14. The van der Waals surface area contributed by atoms with Gasteiger partial charge in [0.15, 0.2) is 11.3 Å². The highest BCUT2D eigenvalue weighted by atomic mass is 16.5. The topological polar surface area (TPSA) is 134 Å². The van der Waals surface area contributed by atoms with Crippen LogP contribution in [0.15, 0.2) is 49.7 Å². The van der Waals surface area contributed by atoms with Crippen LogP contribution in [0.25, 0.3) is 33.1 Å². The molecule has 8 heteroatoms. The maximum absolute atomic E-state index is 13.6. The maximum Gasteiger partial charge on any atom is 0.204 e. The van der Waals surface area contributed by atoms with E-state index in [1.54, 1.807) is 6.07 Å². The predicted molar refractivity (Wildman–Crippen MR) is 128 cm³/mol. The molecule has 0 radical (unpaired) electrons. The van der Waals surface area contributed by atoms with E-state index in [1.807, 2.05) is 19.9 Å². The number of allylic oxidation sites excluding steroid dienone is 2. The number of phenols is 3. The van der Waals surface area contributed by atoms with E-state index in [4.69, 9.17) is 13.6 Å². The largest absolute Gasteiger partial charge is 0.508 e. The van der Waals surface area contributed by atoms with Gasteiger partial charge >= 0.3 is 0 Å². The van der Waals surface area contributed by atoms with Crippen LogP contribution in [0.3, 0.4) is 0 Å². The summed E-state index contributed by atoms with van der Waals surface area (Å²) in [6.07, 6.45) is 3.46. The molecule has 2 aromatic heterocycles. The van der Waals surface area contributed by atoms with Crippen molar-refractivity contribution in [1.29, 1.82) is 0 Å². The predicted octanol–water partition coefficient (Wildman–Crippen LogP) is 5.07. The van der Waals surface area contributed by atoms with E-state index in [1.165, 1.54) is 33.3 Å². The monoisotopic (exact) mass is 466 g/mol. The summed E-state index contributed by atoms with van der Waals surface area (Å²) < 4.78 is 17.0. The summed E-state index contributed by atoms with van der Waals surface area (Å²) in [5.41, 5.74) is 0.138. The molecule has 178 valence electrons. The summed E-state index contributed by atoms with van der Waals surface area (Å²) in [4.78, 5) is 13.6. The lowest BCUT2D eigenvalue weighted by Crippen LogP contribution is -2.13. The molecule has 0 unspecified atom stereocenters. The summed E-state index contributed by atoms with van der Waals surface area (Å²) in [6, 6.07) is 3.86. The number of phenolic OH excluding ortho intramolecular Hbond substituents is 3. The fourth-order valence-corrected chi connectivity index (χ4v) is 4.00. The molecule has 2 heterocycles. The Kier molecular flexibility index (Phi) is 5.57. The maximum atomic E-state index is 13.6. The number of rotatable bonds is 5. The van der Waals surface area contributed by atoms with Gasteiger partial charge in [-0.25, -0.2) is 0 Å². The Morgan fingerprint density at radius 3 is 2.47 bits per heavy atom. The normalized spacial score (nSPS) is 11.8. The molecule has 8 nitrogen and oxygen atoms in total. The lowest BCUT2D eigenvalue weighted by molar-refractivity contribution is 0.0557. The molecule has 4 rings (SSSR count). The smallest absolute Gasteiger partial charge is 0.204 e. The van der Waals surface area contributed by atoms with Gasteiger partial charge in [0, 0.05) is 28.6 Å². The molecular weight excluding hydrogens is 440 g/mol. The van der Waals surface area contributed by atoms with Gasteiger partial charge in [-0.3, -0.25) is 4.79 Å². The van der Waals surface area contributed by atoms with E-state index in [-0.39, 0.29) is 45.1 Å².